The second-order valence-electron chi connectivity index (χ2n) is 8.04. The maximum absolute atomic E-state index is 13.1. The number of ether oxygens (including phenoxy) is 2. The number of aromatic amines is 1. The van der Waals surface area contributed by atoms with Gasteiger partial charge in [-0.05, 0) is 39.7 Å². The molecule has 3 heterocycles. The first-order valence-corrected chi connectivity index (χ1v) is 11.1. The molecule has 2 aliphatic heterocycles. The van der Waals surface area contributed by atoms with Gasteiger partial charge in [-0.15, -0.1) is 11.8 Å². The highest BCUT2D eigenvalue weighted by atomic mass is 32.2. The highest BCUT2D eigenvalue weighted by Gasteiger charge is 2.36. The van der Waals surface area contributed by atoms with E-state index in [0.717, 1.165) is 24.2 Å². The molecule has 1 aromatic heterocycles. The second kappa shape index (κ2) is 7.91. The average Bonchev–Trinajstić information content (AvgIpc) is 2.88. The maximum atomic E-state index is 13.1. The van der Waals surface area contributed by atoms with Crippen LogP contribution >= 0.6 is 11.8 Å². The van der Waals surface area contributed by atoms with E-state index in [4.69, 9.17) is 9.47 Å². The van der Waals surface area contributed by atoms with Crippen molar-refractivity contribution in [1.82, 2.24) is 9.78 Å². The number of thioether (sulfide) groups is 1. The minimum absolute atomic E-state index is 0.0568. The number of carbonyl (C=O) groups excluding carboxylic acids is 1. The summed E-state index contributed by atoms with van der Waals surface area (Å²) in [6.45, 7) is 7.19. The predicted molar refractivity (Wildman–Crippen MR) is 114 cm³/mol. The zero-order valence-corrected chi connectivity index (χ0v) is 17.8. The molecular weight excluding hydrogens is 390 g/mol. The first-order chi connectivity index (χ1) is 13.9. The van der Waals surface area contributed by atoms with E-state index in [9.17, 15) is 9.59 Å². The van der Waals surface area contributed by atoms with Crippen LogP contribution in [0.5, 0.6) is 5.75 Å². The SMILES string of the molecule is CCOc1ccccc1[C@H]1SCC(=O)Nc2c1c(=O)[nH]n2[C@H]1CCOC(C)(C)C1. The summed E-state index contributed by atoms with van der Waals surface area (Å²) in [6.07, 6.45) is 1.54. The van der Waals surface area contributed by atoms with Gasteiger partial charge in [-0.3, -0.25) is 19.4 Å². The van der Waals surface area contributed by atoms with Crippen LogP contribution in [-0.4, -0.2) is 40.3 Å². The molecule has 1 saturated heterocycles. The van der Waals surface area contributed by atoms with Crippen molar-refractivity contribution < 1.29 is 14.3 Å². The van der Waals surface area contributed by atoms with Gasteiger partial charge in [0.15, 0.2) is 0 Å². The summed E-state index contributed by atoms with van der Waals surface area (Å²) in [5, 5.41) is 5.69. The molecule has 2 N–H and O–H groups in total. The summed E-state index contributed by atoms with van der Waals surface area (Å²) in [7, 11) is 0. The van der Waals surface area contributed by atoms with E-state index in [1.165, 1.54) is 11.8 Å². The molecule has 7 nitrogen and oxygen atoms in total. The molecule has 0 aliphatic carbocycles. The fourth-order valence-electron chi connectivity index (χ4n) is 4.17. The van der Waals surface area contributed by atoms with Gasteiger partial charge in [0.25, 0.3) is 5.56 Å². The molecule has 2 aromatic rings. The Morgan fingerprint density at radius 2 is 2.10 bits per heavy atom. The third kappa shape index (κ3) is 3.96. The van der Waals surface area contributed by atoms with Crippen LogP contribution in [-0.2, 0) is 9.53 Å². The topological polar surface area (TPSA) is 85.4 Å². The van der Waals surface area contributed by atoms with Crippen molar-refractivity contribution in [2.75, 3.05) is 24.3 Å². The summed E-state index contributed by atoms with van der Waals surface area (Å²) in [5.74, 6) is 1.49. The molecule has 2 aliphatic rings. The predicted octanol–water partition coefficient (Wildman–Crippen LogP) is 3.48. The number of nitrogens with zero attached hydrogens (tertiary/aromatic N) is 1. The number of amides is 1. The van der Waals surface area contributed by atoms with Crippen LogP contribution in [0.3, 0.4) is 0 Å². The monoisotopic (exact) mass is 417 g/mol. The number of hydrogen-bond acceptors (Lipinski definition) is 5. The van der Waals surface area contributed by atoms with E-state index in [1.807, 2.05) is 35.9 Å². The van der Waals surface area contributed by atoms with Crippen LogP contribution in [0.1, 0.15) is 56.0 Å². The number of fused-ring (bicyclic) bond motifs is 1. The van der Waals surface area contributed by atoms with E-state index in [-0.39, 0.29) is 34.1 Å². The van der Waals surface area contributed by atoms with Crippen LogP contribution in [0.15, 0.2) is 29.1 Å². The summed E-state index contributed by atoms with van der Waals surface area (Å²) < 4.78 is 13.5. The Labute approximate surface area is 174 Å². The van der Waals surface area contributed by atoms with Crippen molar-refractivity contribution in [3.05, 3.63) is 45.7 Å². The van der Waals surface area contributed by atoms with E-state index in [0.29, 0.717) is 24.6 Å². The molecule has 29 heavy (non-hydrogen) atoms. The Balaban J connectivity index is 1.81. The minimum atomic E-state index is -0.287. The van der Waals surface area contributed by atoms with Crippen molar-refractivity contribution in [3.63, 3.8) is 0 Å². The van der Waals surface area contributed by atoms with Crippen molar-refractivity contribution in [1.29, 1.82) is 0 Å². The Morgan fingerprint density at radius 1 is 1.31 bits per heavy atom. The number of anilines is 1. The quantitative estimate of drug-likeness (QED) is 0.796. The Hall–Kier alpha value is -2.19. The van der Waals surface area contributed by atoms with Crippen molar-refractivity contribution >= 4 is 23.5 Å². The molecule has 0 unspecified atom stereocenters. The molecule has 0 radical (unpaired) electrons. The van der Waals surface area contributed by atoms with Gasteiger partial charge in [0.2, 0.25) is 5.91 Å². The van der Waals surface area contributed by atoms with Gasteiger partial charge in [-0.25, -0.2) is 0 Å². The van der Waals surface area contributed by atoms with Crippen LogP contribution in [0, 0.1) is 0 Å². The fraction of sp³-hybridized carbons (Fsp3) is 0.524. The first kappa shape index (κ1) is 20.1. The fourth-order valence-corrected chi connectivity index (χ4v) is 5.32. The third-order valence-electron chi connectivity index (χ3n) is 5.40. The summed E-state index contributed by atoms with van der Waals surface area (Å²) in [6, 6.07) is 7.79. The number of rotatable bonds is 4. The zero-order valence-electron chi connectivity index (χ0n) is 17.0. The summed E-state index contributed by atoms with van der Waals surface area (Å²) in [4.78, 5) is 25.6. The average molecular weight is 418 g/mol. The van der Waals surface area contributed by atoms with Crippen LogP contribution < -0.4 is 15.6 Å². The Morgan fingerprint density at radius 3 is 2.86 bits per heavy atom. The third-order valence-corrected chi connectivity index (χ3v) is 6.65. The molecule has 2 atom stereocenters. The molecule has 156 valence electrons. The van der Waals surface area contributed by atoms with Gasteiger partial charge < -0.3 is 14.8 Å². The van der Waals surface area contributed by atoms with Crippen LogP contribution in [0.2, 0.25) is 0 Å². The Kier molecular flexibility index (Phi) is 5.48. The molecule has 0 spiro atoms. The molecule has 8 heteroatoms. The number of H-pyrrole nitrogens is 1. The maximum Gasteiger partial charge on any atom is 0.270 e. The van der Waals surface area contributed by atoms with E-state index < -0.39 is 0 Å². The van der Waals surface area contributed by atoms with Gasteiger partial charge in [-0.1, -0.05) is 18.2 Å². The lowest BCUT2D eigenvalue weighted by atomic mass is 9.94. The lowest BCUT2D eigenvalue weighted by Gasteiger charge is -2.36. The molecule has 1 aromatic carbocycles. The standard InChI is InChI=1S/C21H27N3O4S/c1-4-27-15-8-6-5-7-14(15)18-17-19(22-16(25)12-29-18)24(23-20(17)26)13-9-10-28-21(2,3)11-13/h5-8,13,18H,4,9-12H2,1-3H3,(H,22,25)(H,23,26)/t13-,18+/m0/s1. The minimum Gasteiger partial charge on any atom is -0.494 e. The first-order valence-electron chi connectivity index (χ1n) is 10.0. The van der Waals surface area contributed by atoms with Gasteiger partial charge in [-0.2, -0.15) is 0 Å². The van der Waals surface area contributed by atoms with E-state index >= 15 is 0 Å². The molecule has 1 amide bonds. The van der Waals surface area contributed by atoms with Gasteiger partial charge in [0.05, 0.1) is 34.8 Å². The molecule has 1 fully saturated rings. The summed E-state index contributed by atoms with van der Waals surface area (Å²) in [5.41, 5.74) is 1.04. The highest BCUT2D eigenvalue weighted by molar-refractivity contribution is 8.00. The molecule has 0 bridgehead atoms. The van der Waals surface area contributed by atoms with Crippen molar-refractivity contribution in [3.8, 4) is 5.75 Å². The number of para-hydroxylation sites is 1. The largest absolute Gasteiger partial charge is 0.494 e. The summed E-state index contributed by atoms with van der Waals surface area (Å²) >= 11 is 1.45. The number of nitrogens with one attached hydrogen (secondary N) is 2. The number of hydrogen-bond donors (Lipinski definition) is 2. The molecular formula is C21H27N3O4S. The number of aromatic nitrogens is 2. The molecule has 4 rings (SSSR count). The number of benzene rings is 1. The number of carbonyl (C=O) groups is 1. The van der Waals surface area contributed by atoms with Crippen LogP contribution in [0.4, 0.5) is 5.82 Å². The van der Waals surface area contributed by atoms with Crippen LogP contribution in [0.25, 0.3) is 0 Å². The lowest BCUT2D eigenvalue weighted by Crippen LogP contribution is -2.36. The van der Waals surface area contributed by atoms with E-state index in [2.05, 4.69) is 24.3 Å². The molecule has 0 saturated carbocycles. The van der Waals surface area contributed by atoms with Gasteiger partial charge in [0, 0.05) is 12.2 Å². The second-order valence-corrected chi connectivity index (χ2v) is 9.13. The van der Waals surface area contributed by atoms with Crippen molar-refractivity contribution in [2.24, 2.45) is 0 Å². The normalized spacial score (nSPS) is 23.8. The van der Waals surface area contributed by atoms with Gasteiger partial charge in [0.1, 0.15) is 11.6 Å². The highest BCUT2D eigenvalue weighted by Crippen LogP contribution is 2.44. The van der Waals surface area contributed by atoms with Gasteiger partial charge >= 0.3 is 0 Å². The smallest absolute Gasteiger partial charge is 0.270 e. The lowest BCUT2D eigenvalue weighted by molar-refractivity contribution is -0.113. The van der Waals surface area contributed by atoms with Crippen molar-refractivity contribution in [2.45, 2.75) is 50.5 Å². The Bertz CT molecular complexity index is 965. The van der Waals surface area contributed by atoms with E-state index in [1.54, 1.807) is 0 Å². The zero-order chi connectivity index (χ0) is 20.6.